The number of carbonyl (C=O) groups excluding carboxylic acids is 2. The number of ether oxygens (including phenoxy) is 5. The number of esters is 2. The molecule has 3 aromatic rings. The van der Waals surface area contributed by atoms with E-state index in [0.29, 0.717) is 29.1 Å². The first-order chi connectivity index (χ1) is 20.8. The smallest absolute Gasteiger partial charge is 0.338 e. The molecule has 0 unspecified atom stereocenters. The van der Waals surface area contributed by atoms with E-state index in [1.807, 2.05) is 24.3 Å². The highest BCUT2D eigenvalue weighted by Gasteiger charge is 2.22. The van der Waals surface area contributed by atoms with Gasteiger partial charge in [-0.15, -0.1) is 0 Å². The van der Waals surface area contributed by atoms with Crippen molar-refractivity contribution in [1.82, 2.24) is 0 Å². The maximum Gasteiger partial charge on any atom is 0.338 e. The molecule has 0 atom stereocenters. The van der Waals surface area contributed by atoms with Crippen molar-refractivity contribution >= 4 is 11.9 Å². The lowest BCUT2D eigenvalue weighted by Crippen LogP contribution is -2.19. The molecule has 3 aromatic carbocycles. The van der Waals surface area contributed by atoms with Gasteiger partial charge in [-0.25, -0.2) is 9.59 Å². The van der Waals surface area contributed by atoms with Crippen LogP contribution in [0.2, 0.25) is 0 Å². The van der Waals surface area contributed by atoms with Crippen LogP contribution < -0.4 is 9.47 Å². The molecule has 1 aliphatic rings. The normalized spacial score (nSPS) is 16.3. The number of carbonyl (C=O) groups is 2. The highest BCUT2D eigenvalue weighted by molar-refractivity contribution is 5.89. The first-order valence-electron chi connectivity index (χ1n) is 14.5. The number of methoxy groups -OCH3 is 2. The highest BCUT2D eigenvalue weighted by atomic mass is 16.6. The Morgan fingerprint density at radius 2 is 1.44 bits per heavy atom. The zero-order valence-corrected chi connectivity index (χ0v) is 25.2. The quantitative estimate of drug-likeness (QED) is 0.0903. The fourth-order valence-electron chi connectivity index (χ4n) is 5.16. The van der Waals surface area contributed by atoms with E-state index in [0.717, 1.165) is 47.9 Å². The fraction of sp³-hybridized carbons (Fsp3) is 0.333. The van der Waals surface area contributed by atoms with Crippen molar-refractivity contribution in [3.8, 4) is 33.8 Å². The lowest BCUT2D eigenvalue weighted by atomic mass is 9.82. The lowest BCUT2D eigenvalue weighted by molar-refractivity contribution is -0.140. The molecule has 7 nitrogen and oxygen atoms in total. The van der Waals surface area contributed by atoms with Gasteiger partial charge in [-0.05, 0) is 85.0 Å². The summed E-state index contributed by atoms with van der Waals surface area (Å²) >= 11 is 0. The molecule has 0 aromatic heterocycles. The highest BCUT2D eigenvalue weighted by Crippen LogP contribution is 2.38. The summed E-state index contributed by atoms with van der Waals surface area (Å²) in [4.78, 5) is 23.9. The zero-order chi connectivity index (χ0) is 30.8. The van der Waals surface area contributed by atoms with E-state index < -0.39 is 11.9 Å². The Bertz CT molecular complexity index is 1410. The number of benzene rings is 3. The SMILES string of the molecule is C=C(C)C(=O)Oc1ccc(-c2ccc(OCCOC(=O)C(=C)COC)c(-c3ccc(C4CCC(OC)CC4)cc3)c2)cc1. The minimum Gasteiger partial charge on any atom is -0.489 e. The van der Waals surface area contributed by atoms with Gasteiger partial charge in [0.25, 0.3) is 0 Å². The molecule has 4 rings (SSSR count). The molecule has 0 amide bonds. The van der Waals surface area contributed by atoms with Gasteiger partial charge in [-0.3, -0.25) is 0 Å². The van der Waals surface area contributed by atoms with Gasteiger partial charge in [0.15, 0.2) is 0 Å². The summed E-state index contributed by atoms with van der Waals surface area (Å²) in [5.41, 5.74) is 5.80. The Hall–Kier alpha value is -4.20. The maximum absolute atomic E-state index is 12.1. The predicted octanol–water partition coefficient (Wildman–Crippen LogP) is 7.30. The lowest BCUT2D eigenvalue weighted by Gasteiger charge is -2.28. The van der Waals surface area contributed by atoms with Gasteiger partial charge >= 0.3 is 11.9 Å². The van der Waals surface area contributed by atoms with Gasteiger partial charge in [0, 0.05) is 25.4 Å². The van der Waals surface area contributed by atoms with Crippen molar-refractivity contribution in [2.24, 2.45) is 0 Å². The summed E-state index contributed by atoms with van der Waals surface area (Å²) < 4.78 is 27.2. The largest absolute Gasteiger partial charge is 0.489 e. The van der Waals surface area contributed by atoms with Crippen LogP contribution in [0.3, 0.4) is 0 Å². The number of hydrogen-bond donors (Lipinski definition) is 0. The van der Waals surface area contributed by atoms with Crippen molar-refractivity contribution in [2.45, 2.75) is 44.6 Å². The minimum atomic E-state index is -0.506. The van der Waals surface area contributed by atoms with Crippen molar-refractivity contribution < 1.29 is 33.3 Å². The summed E-state index contributed by atoms with van der Waals surface area (Å²) in [5.74, 6) is 0.696. The molecular formula is C36H40O7. The van der Waals surface area contributed by atoms with E-state index in [1.54, 1.807) is 26.2 Å². The first-order valence-corrected chi connectivity index (χ1v) is 14.5. The van der Waals surface area contributed by atoms with E-state index >= 15 is 0 Å². The molecule has 7 heteroatoms. The van der Waals surface area contributed by atoms with Crippen LogP contribution in [0.15, 0.2) is 91.0 Å². The minimum absolute atomic E-state index is 0.0796. The molecule has 0 spiro atoms. The summed E-state index contributed by atoms with van der Waals surface area (Å²) in [6.07, 6.45) is 4.77. The molecule has 0 radical (unpaired) electrons. The fourth-order valence-corrected chi connectivity index (χ4v) is 5.16. The average Bonchev–Trinajstić information content (AvgIpc) is 3.03. The van der Waals surface area contributed by atoms with Crippen LogP contribution in [-0.2, 0) is 23.8 Å². The molecular weight excluding hydrogens is 544 g/mol. The van der Waals surface area contributed by atoms with Crippen LogP contribution in [0.25, 0.3) is 22.3 Å². The molecule has 0 heterocycles. The zero-order valence-electron chi connectivity index (χ0n) is 25.2. The summed E-state index contributed by atoms with van der Waals surface area (Å²) in [7, 11) is 3.29. The number of rotatable bonds is 13. The number of hydrogen-bond acceptors (Lipinski definition) is 7. The van der Waals surface area contributed by atoms with Crippen molar-refractivity contribution in [3.05, 3.63) is 96.6 Å². The Morgan fingerprint density at radius 3 is 2.07 bits per heavy atom. The van der Waals surface area contributed by atoms with Gasteiger partial charge in [0.05, 0.1) is 18.3 Å². The second-order valence-electron chi connectivity index (χ2n) is 10.8. The predicted molar refractivity (Wildman–Crippen MR) is 167 cm³/mol. The second-order valence-corrected chi connectivity index (χ2v) is 10.8. The van der Waals surface area contributed by atoms with E-state index in [2.05, 4.69) is 43.5 Å². The molecule has 0 bridgehead atoms. The first kappa shape index (κ1) is 31.7. The van der Waals surface area contributed by atoms with Gasteiger partial charge in [-0.1, -0.05) is 55.6 Å². The van der Waals surface area contributed by atoms with Crippen molar-refractivity contribution in [2.75, 3.05) is 34.0 Å². The Labute approximate surface area is 254 Å². The third-order valence-corrected chi connectivity index (χ3v) is 7.61. The van der Waals surface area contributed by atoms with Crippen molar-refractivity contribution in [3.63, 3.8) is 0 Å². The van der Waals surface area contributed by atoms with Crippen LogP contribution in [0.1, 0.15) is 44.1 Å². The molecule has 1 fully saturated rings. The van der Waals surface area contributed by atoms with Crippen LogP contribution in [0.4, 0.5) is 0 Å². The molecule has 0 saturated heterocycles. The van der Waals surface area contributed by atoms with Gasteiger partial charge in [0.1, 0.15) is 24.7 Å². The molecule has 43 heavy (non-hydrogen) atoms. The average molecular weight is 585 g/mol. The summed E-state index contributed by atoms with van der Waals surface area (Å²) in [6, 6.07) is 22.0. The van der Waals surface area contributed by atoms with E-state index in [9.17, 15) is 9.59 Å². The summed E-state index contributed by atoms with van der Waals surface area (Å²) in [5, 5.41) is 0. The Kier molecular flexibility index (Phi) is 11.3. The van der Waals surface area contributed by atoms with Crippen LogP contribution in [0, 0.1) is 0 Å². The Balaban J connectivity index is 1.54. The van der Waals surface area contributed by atoms with Crippen LogP contribution in [-0.4, -0.2) is 52.1 Å². The van der Waals surface area contributed by atoms with Crippen LogP contribution >= 0.6 is 0 Å². The molecule has 1 aliphatic carbocycles. The maximum atomic E-state index is 12.1. The molecule has 226 valence electrons. The van der Waals surface area contributed by atoms with Crippen LogP contribution in [0.5, 0.6) is 11.5 Å². The third-order valence-electron chi connectivity index (χ3n) is 7.61. The topological polar surface area (TPSA) is 80.3 Å². The van der Waals surface area contributed by atoms with Crippen molar-refractivity contribution in [1.29, 1.82) is 0 Å². The van der Waals surface area contributed by atoms with Gasteiger partial charge in [0.2, 0.25) is 0 Å². The third kappa shape index (κ3) is 8.66. The van der Waals surface area contributed by atoms with Gasteiger partial charge < -0.3 is 23.7 Å². The van der Waals surface area contributed by atoms with E-state index in [-0.39, 0.29) is 25.4 Å². The monoisotopic (exact) mass is 584 g/mol. The van der Waals surface area contributed by atoms with E-state index in [4.69, 9.17) is 23.7 Å². The van der Waals surface area contributed by atoms with Gasteiger partial charge in [-0.2, -0.15) is 0 Å². The summed E-state index contributed by atoms with van der Waals surface area (Å²) in [6.45, 7) is 9.29. The molecule has 1 saturated carbocycles. The molecule has 0 aliphatic heterocycles. The second kappa shape index (κ2) is 15.3. The standard InChI is InChI=1S/C36H40O7/c1-24(2)35(37)43-32-17-12-28(13-18-32)30-14-19-34(41-20-21-42-36(38)25(3)23-39-4)33(22-30)29-8-6-26(7-9-29)27-10-15-31(40-5)16-11-27/h6-9,12-14,17-19,22,27,31H,1,3,10-11,15-16,20-21,23H2,2,4-5H3. The molecule has 0 N–H and O–H groups in total. The Morgan fingerprint density at radius 1 is 0.791 bits per heavy atom. The van der Waals surface area contributed by atoms with E-state index in [1.165, 1.54) is 12.7 Å².